The molecule has 2 aliphatic rings. The van der Waals surface area contributed by atoms with Crippen molar-refractivity contribution < 1.29 is 28.7 Å². The molecule has 0 saturated carbocycles. The van der Waals surface area contributed by atoms with Crippen LogP contribution in [-0.4, -0.2) is 37.4 Å². The Morgan fingerprint density at radius 2 is 0.933 bits per heavy atom. The molecule has 0 aromatic heterocycles. The molecule has 2 aliphatic carbocycles. The maximum atomic E-state index is 13.4. The van der Waals surface area contributed by atoms with Crippen LogP contribution in [-0.2, 0) is 0 Å². The van der Waals surface area contributed by atoms with E-state index in [0.717, 1.165) is 0 Å². The monoisotopic (exact) mass is 402 g/mol. The van der Waals surface area contributed by atoms with Crippen LogP contribution in [0.15, 0.2) is 58.7 Å². The Morgan fingerprint density at radius 1 is 0.567 bits per heavy atom. The Balaban J connectivity index is 1.97. The van der Waals surface area contributed by atoms with Gasteiger partial charge < -0.3 is 9.47 Å². The Hall–Kier alpha value is -3.80. The standard InChI is InChI=1S/C24H18O6/c1-11-17(23(27)13-7-5-9-15(29-3)19(13)21(11)25)18-12(2)22(26)20-14(24(18)28)8-6-10-16(20)30-4/h5-10H,1-4H3. The number of rotatable bonds is 3. The quantitative estimate of drug-likeness (QED) is 0.776. The van der Waals surface area contributed by atoms with E-state index in [0.29, 0.717) is 0 Å². The number of hydrogen-bond donors (Lipinski definition) is 0. The number of carbonyl (C=O) groups is 4. The summed E-state index contributed by atoms with van der Waals surface area (Å²) in [6, 6.07) is 9.46. The number of allylic oxidation sites excluding steroid dienone is 4. The fourth-order valence-corrected chi connectivity index (χ4v) is 4.06. The normalized spacial score (nSPS) is 16.0. The molecule has 0 radical (unpaired) electrons. The highest BCUT2D eigenvalue weighted by molar-refractivity contribution is 6.37. The van der Waals surface area contributed by atoms with Crippen LogP contribution in [0.25, 0.3) is 0 Å². The summed E-state index contributed by atoms with van der Waals surface area (Å²) in [5.74, 6) is -1.21. The summed E-state index contributed by atoms with van der Waals surface area (Å²) in [5.41, 5.74) is 0.782. The van der Waals surface area contributed by atoms with Gasteiger partial charge in [0.15, 0.2) is 23.1 Å². The van der Waals surface area contributed by atoms with Crippen molar-refractivity contribution in [2.24, 2.45) is 0 Å². The summed E-state index contributed by atoms with van der Waals surface area (Å²) >= 11 is 0. The van der Waals surface area contributed by atoms with Crippen LogP contribution in [0.3, 0.4) is 0 Å². The molecule has 4 rings (SSSR count). The Labute approximate surface area is 172 Å². The molecule has 2 aromatic rings. The zero-order valence-electron chi connectivity index (χ0n) is 16.9. The minimum absolute atomic E-state index is 0.0370. The van der Waals surface area contributed by atoms with Crippen molar-refractivity contribution >= 4 is 23.1 Å². The van der Waals surface area contributed by atoms with Crippen LogP contribution in [0.2, 0.25) is 0 Å². The Bertz CT molecular complexity index is 1140. The molecule has 0 heterocycles. The first-order chi connectivity index (χ1) is 14.3. The molecule has 0 aliphatic heterocycles. The predicted octanol–water partition coefficient (Wildman–Crippen LogP) is 3.80. The van der Waals surface area contributed by atoms with Crippen molar-refractivity contribution in [1.82, 2.24) is 0 Å². The largest absolute Gasteiger partial charge is 0.496 e. The van der Waals surface area contributed by atoms with Crippen molar-refractivity contribution in [3.63, 3.8) is 0 Å². The van der Waals surface area contributed by atoms with E-state index < -0.39 is 23.1 Å². The van der Waals surface area contributed by atoms with Crippen LogP contribution < -0.4 is 9.47 Å². The lowest BCUT2D eigenvalue weighted by atomic mass is 9.74. The van der Waals surface area contributed by atoms with Gasteiger partial charge in [-0.3, -0.25) is 19.2 Å². The zero-order valence-corrected chi connectivity index (χ0v) is 16.9. The summed E-state index contributed by atoms with van der Waals surface area (Å²) < 4.78 is 10.5. The van der Waals surface area contributed by atoms with Gasteiger partial charge >= 0.3 is 0 Å². The van der Waals surface area contributed by atoms with E-state index in [1.165, 1.54) is 40.2 Å². The van der Waals surface area contributed by atoms with Crippen LogP contribution in [0.1, 0.15) is 55.3 Å². The van der Waals surface area contributed by atoms with Crippen molar-refractivity contribution in [2.75, 3.05) is 14.2 Å². The van der Waals surface area contributed by atoms with Gasteiger partial charge in [0.1, 0.15) is 11.5 Å². The molecule has 0 N–H and O–H groups in total. The van der Waals surface area contributed by atoms with Crippen LogP contribution in [0, 0.1) is 0 Å². The average Bonchev–Trinajstić information content (AvgIpc) is 2.77. The molecule has 30 heavy (non-hydrogen) atoms. The van der Waals surface area contributed by atoms with Crippen molar-refractivity contribution in [2.45, 2.75) is 13.8 Å². The summed E-state index contributed by atoms with van der Waals surface area (Å²) in [6.07, 6.45) is 0. The molecule has 0 fully saturated rings. The van der Waals surface area contributed by atoms with Crippen molar-refractivity contribution in [3.8, 4) is 11.5 Å². The Kier molecular flexibility index (Phi) is 4.50. The van der Waals surface area contributed by atoms with Crippen molar-refractivity contribution in [1.29, 1.82) is 0 Å². The van der Waals surface area contributed by atoms with Gasteiger partial charge in [-0.2, -0.15) is 0 Å². The fraction of sp³-hybridized carbons (Fsp3) is 0.167. The molecule has 2 aromatic carbocycles. The van der Waals surface area contributed by atoms with Gasteiger partial charge in [0, 0.05) is 33.4 Å². The Morgan fingerprint density at radius 3 is 1.27 bits per heavy atom. The van der Waals surface area contributed by atoms with Crippen LogP contribution in [0.4, 0.5) is 0 Å². The maximum Gasteiger partial charge on any atom is 0.195 e. The number of hydrogen-bond acceptors (Lipinski definition) is 6. The molecule has 0 atom stereocenters. The molecule has 0 saturated heterocycles. The van der Waals surface area contributed by atoms with E-state index in [1.54, 1.807) is 24.3 Å². The number of fused-ring (bicyclic) bond motifs is 2. The molecule has 150 valence electrons. The second-order valence-electron chi connectivity index (χ2n) is 7.08. The van der Waals surface area contributed by atoms with E-state index in [4.69, 9.17) is 9.47 Å². The third-order valence-corrected chi connectivity index (χ3v) is 5.57. The smallest absolute Gasteiger partial charge is 0.195 e. The third kappa shape index (κ3) is 2.50. The molecular formula is C24H18O6. The van der Waals surface area contributed by atoms with Gasteiger partial charge in [-0.05, 0) is 26.0 Å². The lowest BCUT2D eigenvalue weighted by Crippen LogP contribution is -2.29. The topological polar surface area (TPSA) is 86.7 Å². The SMILES string of the molecule is COc1cccc2c1C(=O)C(C)=C(C1=C(C)C(=O)c3c(OC)cccc3C1=O)C2=O. The molecule has 0 spiro atoms. The third-order valence-electron chi connectivity index (χ3n) is 5.57. The van der Waals surface area contributed by atoms with Gasteiger partial charge in [0.05, 0.1) is 25.3 Å². The van der Waals surface area contributed by atoms with Crippen LogP contribution >= 0.6 is 0 Å². The minimum atomic E-state index is -0.483. The van der Waals surface area contributed by atoms with Crippen molar-refractivity contribution in [3.05, 3.63) is 80.9 Å². The molecule has 0 amide bonds. The summed E-state index contributed by atoms with van der Waals surface area (Å²) in [4.78, 5) is 53.0. The minimum Gasteiger partial charge on any atom is -0.496 e. The molecule has 6 nitrogen and oxygen atoms in total. The molecule has 0 unspecified atom stereocenters. The van der Waals surface area contributed by atoms with E-state index >= 15 is 0 Å². The maximum absolute atomic E-state index is 13.4. The fourth-order valence-electron chi connectivity index (χ4n) is 4.06. The number of benzene rings is 2. The number of ether oxygens (including phenoxy) is 2. The first-order valence-corrected chi connectivity index (χ1v) is 9.28. The zero-order chi connectivity index (χ0) is 21.7. The van der Waals surface area contributed by atoms with Gasteiger partial charge in [0.2, 0.25) is 0 Å². The first-order valence-electron chi connectivity index (χ1n) is 9.28. The average molecular weight is 402 g/mol. The number of carbonyl (C=O) groups excluding carboxylic acids is 4. The lowest BCUT2D eigenvalue weighted by Gasteiger charge is -2.26. The van der Waals surface area contributed by atoms with E-state index in [9.17, 15) is 19.2 Å². The highest BCUT2D eigenvalue weighted by atomic mass is 16.5. The number of Topliss-reactive ketones (excluding diaryl/α,β-unsaturated/α-hetero) is 4. The molecule has 0 bridgehead atoms. The van der Waals surface area contributed by atoms with E-state index in [2.05, 4.69) is 0 Å². The van der Waals surface area contributed by atoms with Gasteiger partial charge in [-0.15, -0.1) is 0 Å². The predicted molar refractivity (Wildman–Crippen MR) is 109 cm³/mol. The highest BCUT2D eigenvalue weighted by Crippen LogP contribution is 2.40. The second kappa shape index (κ2) is 6.91. The lowest BCUT2D eigenvalue weighted by molar-refractivity contribution is 0.0950. The molecule has 6 heteroatoms. The number of methoxy groups -OCH3 is 2. The second-order valence-corrected chi connectivity index (χ2v) is 7.08. The summed E-state index contributed by atoms with van der Waals surface area (Å²) in [5, 5.41) is 0. The number of ketones is 4. The van der Waals surface area contributed by atoms with Crippen LogP contribution in [0.5, 0.6) is 11.5 Å². The summed E-state index contributed by atoms with van der Waals surface area (Å²) in [7, 11) is 2.84. The van der Waals surface area contributed by atoms with Gasteiger partial charge in [-0.25, -0.2) is 0 Å². The first kappa shape index (κ1) is 19.5. The summed E-state index contributed by atoms with van der Waals surface area (Å²) in [6.45, 7) is 2.98. The van der Waals surface area contributed by atoms with Gasteiger partial charge in [-0.1, -0.05) is 24.3 Å². The molecular weight excluding hydrogens is 384 g/mol. The highest BCUT2D eigenvalue weighted by Gasteiger charge is 2.41. The van der Waals surface area contributed by atoms with E-state index in [-0.39, 0.29) is 56.0 Å². The van der Waals surface area contributed by atoms with E-state index in [1.807, 2.05) is 0 Å². The van der Waals surface area contributed by atoms with Gasteiger partial charge in [0.25, 0.3) is 0 Å².